The SMILES string of the molecule is CC(C)C1CCC2=CC(CCC#N)C=C2C1. The predicted octanol–water partition coefficient (Wildman–Crippen LogP) is 4.23. The lowest BCUT2D eigenvalue weighted by Gasteiger charge is -2.27. The maximum absolute atomic E-state index is 8.61. The van der Waals surface area contributed by atoms with Crippen molar-refractivity contribution in [2.75, 3.05) is 0 Å². The second kappa shape index (κ2) is 4.87. The minimum absolute atomic E-state index is 0.551. The molecule has 0 bridgehead atoms. The summed E-state index contributed by atoms with van der Waals surface area (Å²) in [5.74, 6) is 2.23. The lowest BCUT2D eigenvalue weighted by molar-refractivity contribution is 0.342. The summed E-state index contributed by atoms with van der Waals surface area (Å²) in [6.45, 7) is 4.67. The monoisotopic (exact) mass is 215 g/mol. The van der Waals surface area contributed by atoms with Crippen LogP contribution in [0, 0.1) is 29.1 Å². The van der Waals surface area contributed by atoms with Gasteiger partial charge in [-0.2, -0.15) is 5.26 Å². The Morgan fingerprint density at radius 2 is 2.12 bits per heavy atom. The molecule has 2 unspecified atom stereocenters. The van der Waals surface area contributed by atoms with Gasteiger partial charge in [0.05, 0.1) is 6.07 Å². The van der Waals surface area contributed by atoms with Gasteiger partial charge in [-0.25, -0.2) is 0 Å². The van der Waals surface area contributed by atoms with Crippen LogP contribution in [0.1, 0.15) is 46.0 Å². The largest absolute Gasteiger partial charge is 0.198 e. The highest BCUT2D eigenvalue weighted by atomic mass is 14.3. The smallest absolute Gasteiger partial charge is 0.0622 e. The van der Waals surface area contributed by atoms with Crippen LogP contribution in [0.2, 0.25) is 0 Å². The van der Waals surface area contributed by atoms with E-state index in [-0.39, 0.29) is 0 Å². The van der Waals surface area contributed by atoms with E-state index in [9.17, 15) is 0 Å². The predicted molar refractivity (Wildman–Crippen MR) is 66.7 cm³/mol. The van der Waals surface area contributed by atoms with Crippen LogP contribution in [0.4, 0.5) is 0 Å². The van der Waals surface area contributed by atoms with Gasteiger partial charge in [-0.1, -0.05) is 26.0 Å². The molecule has 0 aromatic carbocycles. The third-order valence-electron chi connectivity index (χ3n) is 4.04. The second-order valence-corrected chi connectivity index (χ2v) is 5.49. The molecule has 0 heterocycles. The highest BCUT2D eigenvalue weighted by molar-refractivity contribution is 5.40. The van der Waals surface area contributed by atoms with Crippen LogP contribution in [-0.4, -0.2) is 0 Å². The molecule has 86 valence electrons. The molecule has 2 atom stereocenters. The number of nitriles is 1. The van der Waals surface area contributed by atoms with Crippen molar-refractivity contribution in [1.29, 1.82) is 5.26 Å². The summed E-state index contributed by atoms with van der Waals surface area (Å²) in [5, 5.41) is 8.61. The molecule has 0 N–H and O–H groups in total. The van der Waals surface area contributed by atoms with Crippen molar-refractivity contribution in [3.8, 4) is 6.07 Å². The van der Waals surface area contributed by atoms with Gasteiger partial charge in [0.15, 0.2) is 0 Å². The molecule has 1 saturated carbocycles. The highest BCUT2D eigenvalue weighted by Crippen LogP contribution is 2.41. The first kappa shape index (κ1) is 11.5. The van der Waals surface area contributed by atoms with Crippen molar-refractivity contribution in [3.63, 3.8) is 0 Å². The van der Waals surface area contributed by atoms with E-state index >= 15 is 0 Å². The summed E-state index contributed by atoms with van der Waals surface area (Å²) in [5.41, 5.74) is 3.17. The lowest BCUT2D eigenvalue weighted by atomic mass is 9.78. The summed E-state index contributed by atoms with van der Waals surface area (Å²) in [6, 6.07) is 2.24. The van der Waals surface area contributed by atoms with Gasteiger partial charge < -0.3 is 0 Å². The van der Waals surface area contributed by atoms with Crippen molar-refractivity contribution in [3.05, 3.63) is 23.3 Å². The normalized spacial score (nSPS) is 28.4. The Morgan fingerprint density at radius 3 is 2.81 bits per heavy atom. The van der Waals surface area contributed by atoms with Crippen molar-refractivity contribution in [2.45, 2.75) is 46.0 Å². The Kier molecular flexibility index (Phi) is 3.49. The molecule has 0 spiro atoms. The van der Waals surface area contributed by atoms with E-state index in [1.165, 1.54) is 19.3 Å². The van der Waals surface area contributed by atoms with Crippen LogP contribution < -0.4 is 0 Å². The summed E-state index contributed by atoms with van der Waals surface area (Å²) >= 11 is 0. The van der Waals surface area contributed by atoms with Gasteiger partial charge in [0.25, 0.3) is 0 Å². The van der Waals surface area contributed by atoms with E-state index < -0.39 is 0 Å². The Morgan fingerprint density at radius 1 is 1.38 bits per heavy atom. The average Bonchev–Trinajstić information content (AvgIpc) is 2.67. The van der Waals surface area contributed by atoms with Gasteiger partial charge in [0.1, 0.15) is 0 Å². The summed E-state index contributed by atoms with van der Waals surface area (Å²) in [6.07, 6.45) is 10.4. The van der Waals surface area contributed by atoms with Gasteiger partial charge in [0, 0.05) is 6.42 Å². The maximum atomic E-state index is 8.61. The van der Waals surface area contributed by atoms with E-state index in [0.29, 0.717) is 12.3 Å². The fraction of sp³-hybridized carbons (Fsp3) is 0.667. The molecule has 0 amide bonds. The molecule has 2 aliphatic rings. The van der Waals surface area contributed by atoms with Crippen LogP contribution >= 0.6 is 0 Å². The van der Waals surface area contributed by atoms with Crippen molar-refractivity contribution >= 4 is 0 Å². The first-order valence-electron chi connectivity index (χ1n) is 6.49. The van der Waals surface area contributed by atoms with E-state index in [1.54, 1.807) is 11.1 Å². The van der Waals surface area contributed by atoms with Gasteiger partial charge >= 0.3 is 0 Å². The number of nitrogens with zero attached hydrogens (tertiary/aromatic N) is 1. The molecular weight excluding hydrogens is 194 g/mol. The quantitative estimate of drug-likeness (QED) is 0.691. The van der Waals surface area contributed by atoms with Gasteiger partial charge in [-0.3, -0.25) is 0 Å². The van der Waals surface area contributed by atoms with Crippen molar-refractivity contribution < 1.29 is 0 Å². The zero-order valence-corrected chi connectivity index (χ0v) is 10.4. The van der Waals surface area contributed by atoms with E-state index in [2.05, 4.69) is 32.1 Å². The standard InChI is InChI=1S/C15H21N/c1-11(2)13-5-6-14-8-12(4-3-7-16)9-15(14)10-13/h8-9,11-13H,3-6,10H2,1-2H3. The number of allylic oxidation sites excluding steroid dienone is 4. The fourth-order valence-corrected chi connectivity index (χ4v) is 2.91. The molecule has 2 rings (SSSR count). The molecule has 1 fully saturated rings. The van der Waals surface area contributed by atoms with Gasteiger partial charge in [-0.05, 0) is 54.6 Å². The van der Waals surface area contributed by atoms with E-state index in [0.717, 1.165) is 18.3 Å². The molecule has 0 aromatic heterocycles. The van der Waals surface area contributed by atoms with Crippen LogP contribution in [0.3, 0.4) is 0 Å². The topological polar surface area (TPSA) is 23.8 Å². The molecule has 0 aromatic rings. The number of rotatable bonds is 3. The molecule has 2 aliphatic carbocycles. The first-order valence-corrected chi connectivity index (χ1v) is 6.49. The Hall–Kier alpha value is -1.03. The number of hydrogen-bond donors (Lipinski definition) is 0. The molecule has 0 saturated heterocycles. The Labute approximate surface area is 98.9 Å². The first-order chi connectivity index (χ1) is 7.70. The van der Waals surface area contributed by atoms with E-state index in [4.69, 9.17) is 5.26 Å². The molecule has 0 radical (unpaired) electrons. The van der Waals surface area contributed by atoms with Crippen LogP contribution in [-0.2, 0) is 0 Å². The minimum atomic E-state index is 0.551. The molecule has 0 aliphatic heterocycles. The summed E-state index contributed by atoms with van der Waals surface area (Å²) < 4.78 is 0. The van der Waals surface area contributed by atoms with E-state index in [1.807, 2.05) is 0 Å². The fourth-order valence-electron chi connectivity index (χ4n) is 2.91. The third-order valence-corrected chi connectivity index (χ3v) is 4.04. The van der Waals surface area contributed by atoms with Crippen molar-refractivity contribution in [1.82, 2.24) is 0 Å². The summed E-state index contributed by atoms with van der Waals surface area (Å²) in [7, 11) is 0. The number of fused-ring (bicyclic) bond motifs is 1. The maximum Gasteiger partial charge on any atom is 0.0622 e. The van der Waals surface area contributed by atoms with Crippen molar-refractivity contribution in [2.24, 2.45) is 17.8 Å². The van der Waals surface area contributed by atoms with Crippen LogP contribution in [0.5, 0.6) is 0 Å². The zero-order chi connectivity index (χ0) is 11.5. The van der Waals surface area contributed by atoms with Crippen LogP contribution in [0.15, 0.2) is 23.3 Å². The highest BCUT2D eigenvalue weighted by Gasteiger charge is 2.26. The molecule has 1 heteroatoms. The zero-order valence-electron chi connectivity index (χ0n) is 10.4. The van der Waals surface area contributed by atoms with Gasteiger partial charge in [0.2, 0.25) is 0 Å². The summed E-state index contributed by atoms with van der Waals surface area (Å²) in [4.78, 5) is 0. The number of hydrogen-bond acceptors (Lipinski definition) is 1. The third kappa shape index (κ3) is 2.38. The average molecular weight is 215 g/mol. The van der Waals surface area contributed by atoms with Gasteiger partial charge in [-0.15, -0.1) is 0 Å². The lowest BCUT2D eigenvalue weighted by Crippen LogP contribution is -2.14. The second-order valence-electron chi connectivity index (χ2n) is 5.49. The molecule has 16 heavy (non-hydrogen) atoms. The Bertz CT molecular complexity index is 354. The molecule has 1 nitrogen and oxygen atoms in total. The Balaban J connectivity index is 1.99. The molecular formula is C15H21N. The van der Waals surface area contributed by atoms with Crippen LogP contribution in [0.25, 0.3) is 0 Å². The minimum Gasteiger partial charge on any atom is -0.198 e.